The molecule has 0 aliphatic carbocycles. The maximum Gasteiger partial charge on any atom is 0.357 e. The topological polar surface area (TPSA) is 55.1 Å². The molecular weight excluding hydrogens is 200 g/mol. The third-order valence-corrected chi connectivity index (χ3v) is 1.45. The van der Waals surface area contributed by atoms with Gasteiger partial charge in [0.2, 0.25) is 0 Å². The van der Waals surface area contributed by atoms with Crippen LogP contribution in [0.15, 0.2) is 10.7 Å². The summed E-state index contributed by atoms with van der Waals surface area (Å²) in [5.74, 6) is -1.27. The third kappa shape index (κ3) is 1.18. The van der Waals surface area contributed by atoms with Crippen molar-refractivity contribution in [3.63, 3.8) is 0 Å². The summed E-state index contributed by atoms with van der Waals surface area (Å²) in [6.07, 6.45) is 1.11. The second-order valence-electron chi connectivity index (χ2n) is 1.58. The summed E-state index contributed by atoms with van der Waals surface area (Å²) >= 11 is 2.90. The summed E-state index contributed by atoms with van der Waals surface area (Å²) in [6, 6.07) is 0. The van der Waals surface area contributed by atoms with Crippen LogP contribution in [-0.4, -0.2) is 20.9 Å². The molecule has 10 heavy (non-hydrogen) atoms. The highest BCUT2D eigenvalue weighted by molar-refractivity contribution is 9.10. The lowest BCUT2D eigenvalue weighted by Gasteiger charge is -1.84. The summed E-state index contributed by atoms with van der Waals surface area (Å²) in [5, 5.41) is 11.9. The van der Waals surface area contributed by atoms with Gasteiger partial charge in [-0.25, -0.2) is 4.79 Å². The van der Waals surface area contributed by atoms with Gasteiger partial charge < -0.3 is 5.11 Å². The molecule has 0 aliphatic rings. The molecular formula is C5H5BrN2O2. The molecule has 1 N–H and O–H groups in total. The van der Waals surface area contributed by atoms with E-state index >= 15 is 0 Å². The van der Waals surface area contributed by atoms with Crippen molar-refractivity contribution in [2.24, 2.45) is 6.98 Å². The fourth-order valence-corrected chi connectivity index (χ4v) is 0.941. The molecule has 0 radical (unpaired) electrons. The summed E-state index contributed by atoms with van der Waals surface area (Å²) in [4.78, 5) is 10.5. The molecule has 1 aromatic heterocycles. The molecule has 0 bridgehead atoms. The van der Waals surface area contributed by atoms with Crippen LogP contribution in [0.2, 0.25) is 0 Å². The first-order valence-electron chi connectivity index (χ1n) is 3.81. The van der Waals surface area contributed by atoms with Crippen LogP contribution in [0, 0.1) is 0 Å². The number of aromatic carboxylic acids is 1. The van der Waals surface area contributed by atoms with Crippen LogP contribution < -0.4 is 0 Å². The van der Waals surface area contributed by atoms with Crippen LogP contribution in [0.25, 0.3) is 0 Å². The van der Waals surface area contributed by atoms with Crippen molar-refractivity contribution in [2.45, 2.75) is 0 Å². The molecule has 0 unspecified atom stereocenters. The predicted octanol–water partition coefficient (Wildman–Crippen LogP) is 0.881. The molecule has 0 aromatic carbocycles. The Kier molecular flexibility index (Phi) is 0.996. The van der Waals surface area contributed by atoms with Crippen LogP contribution in [0.1, 0.15) is 14.6 Å². The van der Waals surface area contributed by atoms with Gasteiger partial charge in [0.25, 0.3) is 0 Å². The van der Waals surface area contributed by atoms with Gasteiger partial charge in [0.15, 0.2) is 5.69 Å². The van der Waals surface area contributed by atoms with E-state index in [0.29, 0.717) is 4.68 Å². The number of carbonyl (C=O) groups is 1. The van der Waals surface area contributed by atoms with Gasteiger partial charge in [-0.15, -0.1) is 0 Å². The number of rotatable bonds is 1. The number of halogens is 1. The smallest absolute Gasteiger partial charge is 0.357 e. The number of aromatic nitrogens is 2. The van der Waals surface area contributed by atoms with E-state index in [1.165, 1.54) is 0 Å². The fraction of sp³-hybridized carbons (Fsp3) is 0.200. The predicted molar refractivity (Wildman–Crippen MR) is 37.9 cm³/mol. The Hall–Kier alpha value is -0.840. The Balaban J connectivity index is 3.17. The van der Waals surface area contributed by atoms with Gasteiger partial charge in [0, 0.05) is 17.3 Å². The highest BCUT2D eigenvalue weighted by Crippen LogP contribution is 2.13. The second-order valence-corrected chi connectivity index (χ2v) is 2.43. The molecule has 0 spiro atoms. The standard InChI is InChI=1S/C5H5BrN2O2/c1-8-2-3(6)4(7-8)5(9)10/h2H,1H3,(H,9,10)/i1D3. The summed E-state index contributed by atoms with van der Waals surface area (Å²) in [5.41, 5.74) is -0.309. The third-order valence-electron chi connectivity index (χ3n) is 0.872. The Morgan fingerprint density at radius 2 is 2.80 bits per heavy atom. The van der Waals surface area contributed by atoms with Crippen LogP contribution in [0.4, 0.5) is 0 Å². The van der Waals surface area contributed by atoms with Crippen molar-refractivity contribution >= 4 is 21.9 Å². The number of aryl methyl sites for hydroxylation is 1. The number of carboxylic acids is 1. The number of hydrogen-bond acceptors (Lipinski definition) is 2. The molecule has 1 aromatic rings. The normalized spacial score (nSPS) is 15.5. The Morgan fingerprint density at radius 1 is 2.10 bits per heavy atom. The van der Waals surface area contributed by atoms with Crippen molar-refractivity contribution < 1.29 is 14.0 Å². The fourth-order valence-electron chi connectivity index (χ4n) is 0.498. The van der Waals surface area contributed by atoms with E-state index in [4.69, 9.17) is 9.22 Å². The van der Waals surface area contributed by atoms with Gasteiger partial charge in [0.05, 0.1) is 4.47 Å². The molecule has 0 aliphatic heterocycles. The highest BCUT2D eigenvalue weighted by atomic mass is 79.9. The number of carboxylic acid groups (broad SMARTS) is 1. The van der Waals surface area contributed by atoms with Gasteiger partial charge in [-0.2, -0.15) is 5.10 Å². The zero-order valence-electron chi connectivity index (χ0n) is 7.71. The van der Waals surface area contributed by atoms with Crippen molar-refractivity contribution in [2.75, 3.05) is 0 Å². The van der Waals surface area contributed by atoms with Crippen LogP contribution in [0.5, 0.6) is 0 Å². The molecule has 0 atom stereocenters. The molecule has 1 heterocycles. The molecule has 0 fully saturated rings. The van der Waals surface area contributed by atoms with E-state index in [0.717, 1.165) is 6.20 Å². The van der Waals surface area contributed by atoms with Gasteiger partial charge >= 0.3 is 5.97 Å². The van der Waals surface area contributed by atoms with Crippen molar-refractivity contribution in [1.29, 1.82) is 0 Å². The zero-order valence-corrected chi connectivity index (χ0v) is 6.29. The number of hydrogen-bond donors (Lipinski definition) is 1. The Bertz CT molecular complexity index is 346. The van der Waals surface area contributed by atoms with Gasteiger partial charge in [-0.3, -0.25) is 4.68 Å². The first kappa shape index (κ1) is 4.12. The van der Waals surface area contributed by atoms with Gasteiger partial charge in [0.1, 0.15) is 0 Å². The molecule has 5 heteroatoms. The highest BCUT2D eigenvalue weighted by Gasteiger charge is 2.11. The lowest BCUT2D eigenvalue weighted by molar-refractivity contribution is 0.0688. The first-order valence-corrected chi connectivity index (χ1v) is 3.10. The Labute approximate surface area is 69.8 Å². The molecule has 0 amide bonds. The number of nitrogens with zero attached hydrogens (tertiary/aromatic N) is 2. The lowest BCUT2D eigenvalue weighted by atomic mass is 10.4. The quantitative estimate of drug-likeness (QED) is 0.745. The zero-order chi connectivity index (χ0) is 10.2. The lowest BCUT2D eigenvalue weighted by Crippen LogP contribution is -1.99. The van der Waals surface area contributed by atoms with Crippen LogP contribution in [0.3, 0.4) is 0 Å². The molecule has 1 rings (SSSR count). The Morgan fingerprint density at radius 3 is 3.10 bits per heavy atom. The maximum absolute atomic E-state index is 10.5. The van der Waals surface area contributed by atoms with E-state index in [9.17, 15) is 4.79 Å². The molecule has 0 saturated carbocycles. The summed E-state index contributed by atoms with van der Waals surface area (Å²) in [6.45, 7) is -2.45. The average Bonchev–Trinajstić information content (AvgIpc) is 2.29. The SMILES string of the molecule is [2H]C([2H])([2H])n1cc(Br)c(C(=O)O)n1. The van der Waals surface area contributed by atoms with Crippen LogP contribution in [-0.2, 0) is 6.98 Å². The van der Waals surface area contributed by atoms with E-state index in [2.05, 4.69) is 21.0 Å². The maximum atomic E-state index is 10.5. The monoisotopic (exact) mass is 207 g/mol. The molecule has 0 saturated heterocycles. The van der Waals surface area contributed by atoms with Gasteiger partial charge in [-0.1, -0.05) is 0 Å². The van der Waals surface area contributed by atoms with Crippen molar-refractivity contribution in [1.82, 2.24) is 9.78 Å². The van der Waals surface area contributed by atoms with Crippen molar-refractivity contribution in [3.8, 4) is 0 Å². The molecule has 54 valence electrons. The largest absolute Gasteiger partial charge is 0.476 e. The van der Waals surface area contributed by atoms with E-state index < -0.39 is 12.9 Å². The minimum absolute atomic E-state index is 0.149. The van der Waals surface area contributed by atoms with Gasteiger partial charge in [-0.05, 0) is 15.9 Å². The first-order chi connectivity index (χ1) is 5.82. The summed E-state index contributed by atoms with van der Waals surface area (Å²) in [7, 11) is 0. The average molecular weight is 208 g/mol. The van der Waals surface area contributed by atoms with E-state index in [1.54, 1.807) is 0 Å². The second kappa shape index (κ2) is 2.42. The summed E-state index contributed by atoms with van der Waals surface area (Å²) < 4.78 is 21.6. The van der Waals surface area contributed by atoms with E-state index in [1.807, 2.05) is 0 Å². The van der Waals surface area contributed by atoms with Crippen LogP contribution >= 0.6 is 15.9 Å². The minimum atomic E-state index is -2.45. The minimum Gasteiger partial charge on any atom is -0.476 e. The van der Waals surface area contributed by atoms with E-state index in [-0.39, 0.29) is 10.2 Å². The molecule has 4 nitrogen and oxygen atoms in total. The van der Waals surface area contributed by atoms with Crippen molar-refractivity contribution in [3.05, 3.63) is 16.4 Å².